The summed E-state index contributed by atoms with van der Waals surface area (Å²) in [6.07, 6.45) is 1.06. The Kier molecular flexibility index (Phi) is 6.33. The molecule has 0 amide bonds. The molecule has 14 heavy (non-hydrogen) atoms. The molecule has 3 nitrogen and oxygen atoms in total. The van der Waals surface area contributed by atoms with Crippen LogP contribution in [0.5, 0.6) is 0 Å². The molecule has 0 aliphatic carbocycles. The van der Waals surface area contributed by atoms with Crippen LogP contribution in [0.15, 0.2) is 0 Å². The van der Waals surface area contributed by atoms with Crippen molar-refractivity contribution >= 4 is 0 Å². The fraction of sp³-hybridized carbons (Fsp3) is 1.00. The second-order valence-electron chi connectivity index (χ2n) is 4.60. The molecule has 0 bridgehead atoms. The van der Waals surface area contributed by atoms with Crippen molar-refractivity contribution < 1.29 is 9.47 Å². The van der Waals surface area contributed by atoms with Gasteiger partial charge in [-0.3, -0.25) is 0 Å². The third-order valence-electron chi connectivity index (χ3n) is 2.56. The predicted molar refractivity (Wildman–Crippen MR) is 59.3 cm³/mol. The Labute approximate surface area is 88.0 Å². The number of methoxy groups -OCH3 is 1. The van der Waals surface area contributed by atoms with Gasteiger partial charge in [0.05, 0.1) is 11.7 Å². The zero-order chi connectivity index (χ0) is 11.2. The van der Waals surface area contributed by atoms with Gasteiger partial charge in [-0.15, -0.1) is 0 Å². The van der Waals surface area contributed by atoms with Gasteiger partial charge in [0.25, 0.3) is 0 Å². The Morgan fingerprint density at radius 1 is 1.29 bits per heavy atom. The van der Waals surface area contributed by atoms with E-state index < -0.39 is 0 Å². The zero-order valence-corrected chi connectivity index (χ0v) is 10.2. The highest BCUT2D eigenvalue weighted by Crippen LogP contribution is 2.14. The van der Waals surface area contributed by atoms with Gasteiger partial charge in [-0.1, -0.05) is 13.8 Å². The topological polar surface area (TPSA) is 44.5 Å². The fourth-order valence-electron chi connectivity index (χ4n) is 1.09. The molecule has 0 aromatic heterocycles. The molecule has 1 unspecified atom stereocenters. The molecule has 0 spiro atoms. The van der Waals surface area contributed by atoms with E-state index in [1.54, 1.807) is 7.11 Å². The molecule has 0 rings (SSSR count). The normalized spacial score (nSPS) is 14.8. The van der Waals surface area contributed by atoms with E-state index in [1.165, 1.54) is 0 Å². The van der Waals surface area contributed by atoms with Crippen LogP contribution in [0.1, 0.15) is 34.1 Å². The van der Waals surface area contributed by atoms with Crippen LogP contribution in [-0.2, 0) is 9.47 Å². The highest BCUT2D eigenvalue weighted by atomic mass is 16.5. The maximum atomic E-state index is 5.69. The van der Waals surface area contributed by atoms with Gasteiger partial charge in [0, 0.05) is 20.3 Å². The summed E-state index contributed by atoms with van der Waals surface area (Å²) in [6, 6.07) is 0. The Morgan fingerprint density at radius 2 is 1.86 bits per heavy atom. The molecule has 0 saturated carbocycles. The van der Waals surface area contributed by atoms with Gasteiger partial charge >= 0.3 is 0 Å². The first-order chi connectivity index (χ1) is 6.43. The van der Waals surface area contributed by atoms with E-state index in [4.69, 9.17) is 15.2 Å². The molecule has 0 aliphatic rings. The quantitative estimate of drug-likeness (QED) is 0.686. The summed E-state index contributed by atoms with van der Waals surface area (Å²) in [4.78, 5) is 0. The summed E-state index contributed by atoms with van der Waals surface area (Å²) in [5.41, 5.74) is 5.50. The average molecular weight is 203 g/mol. The maximum absolute atomic E-state index is 5.69. The average Bonchev–Trinajstić information content (AvgIpc) is 2.12. The Morgan fingerprint density at radius 3 is 2.21 bits per heavy atom. The van der Waals surface area contributed by atoms with Crippen molar-refractivity contribution in [1.82, 2.24) is 0 Å². The summed E-state index contributed by atoms with van der Waals surface area (Å²) in [5.74, 6) is 0.477. The third kappa shape index (κ3) is 5.58. The summed E-state index contributed by atoms with van der Waals surface area (Å²) >= 11 is 0. The minimum Gasteiger partial charge on any atom is -0.379 e. The molecule has 2 N–H and O–H groups in total. The first-order valence-electron chi connectivity index (χ1n) is 5.29. The summed E-state index contributed by atoms with van der Waals surface area (Å²) in [7, 11) is 1.73. The van der Waals surface area contributed by atoms with Crippen LogP contribution in [0.25, 0.3) is 0 Å². The van der Waals surface area contributed by atoms with Crippen LogP contribution in [0.3, 0.4) is 0 Å². The lowest BCUT2D eigenvalue weighted by Gasteiger charge is -2.25. The first kappa shape index (κ1) is 13.9. The predicted octanol–water partition coefficient (Wildman–Crippen LogP) is 1.80. The number of nitrogens with two attached hydrogens (primary N) is 1. The molecule has 0 aromatic rings. The van der Waals surface area contributed by atoms with E-state index in [0.29, 0.717) is 19.1 Å². The van der Waals surface area contributed by atoms with Crippen LogP contribution < -0.4 is 5.73 Å². The summed E-state index contributed by atoms with van der Waals surface area (Å²) in [5, 5.41) is 0. The molecule has 0 saturated heterocycles. The smallest absolute Gasteiger partial charge is 0.0720 e. The lowest BCUT2D eigenvalue weighted by molar-refractivity contribution is -0.0343. The standard InChI is InChI=1S/C11H25NO2/c1-9(2)10(8-12)14-7-6-11(3,4)13-5/h9-10H,6-8,12H2,1-5H3. The first-order valence-corrected chi connectivity index (χ1v) is 5.29. The molecular formula is C11H25NO2. The SMILES string of the molecule is COC(C)(C)CCOC(CN)C(C)C. The second-order valence-corrected chi connectivity index (χ2v) is 4.60. The van der Waals surface area contributed by atoms with Gasteiger partial charge in [0.15, 0.2) is 0 Å². The summed E-state index contributed by atoms with van der Waals surface area (Å²) < 4.78 is 11.0. The molecule has 1 atom stereocenters. The van der Waals surface area contributed by atoms with Crippen LogP contribution in [0, 0.1) is 5.92 Å². The van der Waals surface area contributed by atoms with E-state index in [9.17, 15) is 0 Å². The van der Waals surface area contributed by atoms with Gasteiger partial charge < -0.3 is 15.2 Å². The van der Waals surface area contributed by atoms with Crippen molar-refractivity contribution in [3.63, 3.8) is 0 Å². The molecule has 3 heteroatoms. The number of rotatable bonds is 7. The lowest BCUT2D eigenvalue weighted by Crippen LogP contribution is -2.32. The zero-order valence-electron chi connectivity index (χ0n) is 10.2. The van der Waals surface area contributed by atoms with Crippen LogP contribution in [-0.4, -0.2) is 32.0 Å². The van der Waals surface area contributed by atoms with Crippen molar-refractivity contribution in [1.29, 1.82) is 0 Å². The van der Waals surface area contributed by atoms with Crippen LogP contribution >= 0.6 is 0 Å². The van der Waals surface area contributed by atoms with Crippen molar-refractivity contribution in [2.75, 3.05) is 20.3 Å². The Bertz CT molecular complexity index is 146. The molecule has 0 aromatic carbocycles. The number of ether oxygens (including phenoxy) is 2. The lowest BCUT2D eigenvalue weighted by atomic mass is 10.1. The van der Waals surface area contributed by atoms with E-state index >= 15 is 0 Å². The van der Waals surface area contributed by atoms with Crippen molar-refractivity contribution in [3.05, 3.63) is 0 Å². The van der Waals surface area contributed by atoms with Crippen molar-refractivity contribution in [3.8, 4) is 0 Å². The second kappa shape index (κ2) is 6.38. The largest absolute Gasteiger partial charge is 0.379 e. The fourth-order valence-corrected chi connectivity index (χ4v) is 1.09. The molecule has 0 heterocycles. The molecule has 86 valence electrons. The van der Waals surface area contributed by atoms with Gasteiger partial charge in [0.2, 0.25) is 0 Å². The monoisotopic (exact) mass is 203 g/mol. The van der Waals surface area contributed by atoms with Crippen LogP contribution in [0.4, 0.5) is 0 Å². The van der Waals surface area contributed by atoms with Crippen molar-refractivity contribution in [2.45, 2.75) is 45.8 Å². The van der Waals surface area contributed by atoms with E-state index in [2.05, 4.69) is 27.7 Å². The number of hydrogen-bond acceptors (Lipinski definition) is 3. The van der Waals surface area contributed by atoms with Gasteiger partial charge in [-0.25, -0.2) is 0 Å². The number of hydrogen-bond donors (Lipinski definition) is 1. The Hall–Kier alpha value is -0.120. The minimum atomic E-state index is -0.101. The highest BCUT2D eigenvalue weighted by Gasteiger charge is 2.18. The minimum absolute atomic E-state index is 0.101. The van der Waals surface area contributed by atoms with Crippen molar-refractivity contribution in [2.24, 2.45) is 11.7 Å². The van der Waals surface area contributed by atoms with E-state index in [-0.39, 0.29) is 11.7 Å². The van der Waals surface area contributed by atoms with Gasteiger partial charge in [0.1, 0.15) is 0 Å². The third-order valence-corrected chi connectivity index (χ3v) is 2.56. The highest BCUT2D eigenvalue weighted by molar-refractivity contribution is 4.69. The van der Waals surface area contributed by atoms with Gasteiger partial charge in [-0.2, -0.15) is 0 Å². The summed E-state index contributed by atoms with van der Waals surface area (Å²) in [6.45, 7) is 9.66. The molecular weight excluding hydrogens is 178 g/mol. The van der Waals surface area contributed by atoms with E-state index in [0.717, 1.165) is 6.42 Å². The van der Waals surface area contributed by atoms with Crippen LogP contribution in [0.2, 0.25) is 0 Å². The molecule has 0 aliphatic heterocycles. The Balaban J connectivity index is 3.71. The van der Waals surface area contributed by atoms with E-state index in [1.807, 2.05) is 0 Å². The van der Waals surface area contributed by atoms with Gasteiger partial charge in [-0.05, 0) is 26.2 Å². The molecule has 0 fully saturated rings. The maximum Gasteiger partial charge on any atom is 0.0720 e. The molecule has 0 radical (unpaired) electrons.